The van der Waals surface area contributed by atoms with Crippen molar-refractivity contribution in [2.45, 2.75) is 0 Å². The van der Waals surface area contributed by atoms with Crippen molar-refractivity contribution in [3.63, 3.8) is 0 Å². The molecule has 0 saturated carbocycles. The van der Waals surface area contributed by atoms with Gasteiger partial charge in [0, 0.05) is 26.1 Å². The molecule has 1 N–H and O–H groups in total. The van der Waals surface area contributed by atoms with Crippen LogP contribution in [0.15, 0.2) is 0 Å². The fraction of sp³-hybridized carbons (Fsp3) is 0.625. The van der Waals surface area contributed by atoms with E-state index in [0.29, 0.717) is 0 Å². The Morgan fingerprint density at radius 2 is 1.93 bits per heavy atom. The summed E-state index contributed by atoms with van der Waals surface area (Å²) in [4.78, 5) is 11.6. The van der Waals surface area contributed by atoms with Crippen LogP contribution in [0.4, 0.5) is 11.1 Å². The van der Waals surface area contributed by atoms with Gasteiger partial charge in [-0.05, 0) is 11.3 Å². The molecule has 6 heteroatoms. The van der Waals surface area contributed by atoms with Crippen LogP contribution < -0.4 is 19.6 Å². The van der Waals surface area contributed by atoms with Gasteiger partial charge in [0.25, 0.3) is 0 Å². The summed E-state index contributed by atoms with van der Waals surface area (Å²) in [6, 6.07) is 0. The van der Waals surface area contributed by atoms with E-state index in [0.717, 1.165) is 15.9 Å². The largest absolute Gasteiger partial charge is 0.384 e. The second-order valence-corrected chi connectivity index (χ2v) is 4.21. The highest BCUT2D eigenvalue weighted by Gasteiger charge is 2.10. The maximum atomic E-state index is 4.40. The first-order valence-corrected chi connectivity index (χ1v) is 5.11. The highest BCUT2D eigenvalue weighted by atomic mass is 32.1. The Morgan fingerprint density at radius 1 is 1.29 bits per heavy atom. The summed E-state index contributed by atoms with van der Waals surface area (Å²) in [5.74, 6) is 0.719. The van der Waals surface area contributed by atoms with E-state index in [9.17, 15) is 0 Å². The Bertz CT molecular complexity index is 378. The highest BCUT2D eigenvalue weighted by Crippen LogP contribution is 2.08. The van der Waals surface area contributed by atoms with Gasteiger partial charge in [0.1, 0.15) is 0 Å². The minimum absolute atomic E-state index is 0.719. The first kappa shape index (κ1) is 10.9. The first-order chi connectivity index (χ1) is 6.54. The van der Waals surface area contributed by atoms with Crippen LogP contribution in [0.25, 0.3) is 0 Å². The molecule has 0 saturated heterocycles. The molecule has 1 aromatic rings. The minimum atomic E-state index is 0.719. The first-order valence-electron chi connectivity index (χ1n) is 4.29. The van der Waals surface area contributed by atoms with E-state index in [-0.39, 0.29) is 0 Å². The number of hydrogen-bond acceptors (Lipinski definition) is 5. The zero-order valence-corrected chi connectivity index (χ0v) is 10.0. The van der Waals surface area contributed by atoms with E-state index in [1.54, 1.807) is 0 Å². The molecule has 1 rings (SSSR count). The van der Waals surface area contributed by atoms with E-state index in [4.69, 9.17) is 0 Å². The fourth-order valence-electron chi connectivity index (χ4n) is 0.832. The summed E-state index contributed by atoms with van der Waals surface area (Å²) >= 11 is 1.53. The maximum absolute atomic E-state index is 4.40. The van der Waals surface area contributed by atoms with Gasteiger partial charge in [0.2, 0.25) is 0 Å². The second kappa shape index (κ2) is 4.36. The Kier molecular flexibility index (Phi) is 3.40. The summed E-state index contributed by atoms with van der Waals surface area (Å²) in [5.41, 5.74) is 0. The smallest absolute Gasteiger partial charge is 0.364 e. The lowest BCUT2D eigenvalue weighted by Gasteiger charge is -2.05. The van der Waals surface area contributed by atoms with Gasteiger partial charge in [0.15, 0.2) is 5.13 Å². The van der Waals surface area contributed by atoms with Crippen LogP contribution in [-0.2, 0) is 0 Å². The van der Waals surface area contributed by atoms with Crippen molar-refractivity contribution in [3.8, 4) is 0 Å². The molecule has 0 fully saturated rings. The van der Waals surface area contributed by atoms with Crippen LogP contribution >= 0.6 is 11.3 Å². The summed E-state index contributed by atoms with van der Waals surface area (Å²) in [6.45, 7) is 0. The fourth-order valence-corrected chi connectivity index (χ4v) is 1.54. The van der Waals surface area contributed by atoms with E-state index in [1.807, 2.05) is 44.7 Å². The lowest BCUT2D eigenvalue weighted by Crippen LogP contribution is -2.26. The molecule has 0 aliphatic rings. The van der Waals surface area contributed by atoms with Crippen LogP contribution in [0, 0.1) is 0 Å². The number of aromatic nitrogens is 2. The summed E-state index contributed by atoms with van der Waals surface area (Å²) in [5, 5.41) is 3.90. The number of anilines is 2. The Labute approximate surface area is 87.8 Å². The summed E-state index contributed by atoms with van der Waals surface area (Å²) in [7, 11) is 9.66. The van der Waals surface area contributed by atoms with E-state index < -0.39 is 0 Å². The van der Waals surface area contributed by atoms with Crippen molar-refractivity contribution in [2.24, 2.45) is 0 Å². The quantitative estimate of drug-likeness (QED) is 0.685. The molecular weight excluding hydrogens is 198 g/mol. The van der Waals surface area contributed by atoms with Crippen molar-refractivity contribution in [1.82, 2.24) is 14.5 Å². The van der Waals surface area contributed by atoms with Gasteiger partial charge in [-0.1, -0.05) is 0 Å². The molecule has 1 heterocycles. The summed E-state index contributed by atoms with van der Waals surface area (Å²) < 4.78 is 1.97. The third-order valence-corrected chi connectivity index (χ3v) is 2.71. The molecule has 0 bridgehead atoms. The highest BCUT2D eigenvalue weighted by molar-refractivity contribution is 7.12. The average molecular weight is 214 g/mol. The van der Waals surface area contributed by atoms with Crippen molar-refractivity contribution in [3.05, 3.63) is 4.80 Å². The van der Waals surface area contributed by atoms with E-state index in [1.165, 1.54) is 11.3 Å². The molecule has 14 heavy (non-hydrogen) atoms. The lowest BCUT2D eigenvalue weighted by atomic mass is 10.8. The van der Waals surface area contributed by atoms with Crippen LogP contribution in [0.3, 0.4) is 0 Å². The number of hydrogen-bond donors (Lipinski definition) is 1. The molecule has 5 nitrogen and oxygen atoms in total. The van der Waals surface area contributed by atoms with Crippen LogP contribution in [0.2, 0.25) is 0 Å². The third kappa shape index (κ3) is 2.41. The molecule has 0 aliphatic heterocycles. The Balaban J connectivity index is 3.36. The third-order valence-electron chi connectivity index (χ3n) is 1.58. The van der Waals surface area contributed by atoms with Crippen molar-refractivity contribution < 1.29 is 0 Å². The van der Waals surface area contributed by atoms with E-state index in [2.05, 4.69) is 15.3 Å². The Hall–Kier alpha value is -1.17. The van der Waals surface area contributed by atoms with Crippen LogP contribution in [-0.4, -0.2) is 45.2 Å². The SMILES string of the molecule is CNc1nc(N(C)C)nc(=[N+](C)C)s1. The second-order valence-electron chi connectivity index (χ2n) is 3.25. The lowest BCUT2D eigenvalue weighted by molar-refractivity contribution is 0.793. The number of rotatable bonds is 2. The number of nitrogens with one attached hydrogen (secondary N) is 1. The molecular formula is C8H16N5S+. The normalized spacial score (nSPS) is 9.79. The average Bonchev–Trinajstić information content (AvgIpc) is 2.16. The predicted molar refractivity (Wildman–Crippen MR) is 60.9 cm³/mol. The van der Waals surface area contributed by atoms with Gasteiger partial charge >= 0.3 is 10.7 Å². The van der Waals surface area contributed by atoms with Gasteiger partial charge in [-0.15, -0.1) is 0 Å². The maximum Gasteiger partial charge on any atom is 0.384 e. The molecule has 0 unspecified atom stereocenters. The van der Waals surface area contributed by atoms with Crippen molar-refractivity contribution in [2.75, 3.05) is 45.5 Å². The molecule has 78 valence electrons. The summed E-state index contributed by atoms with van der Waals surface area (Å²) in [6.07, 6.45) is 0. The van der Waals surface area contributed by atoms with Gasteiger partial charge < -0.3 is 10.2 Å². The zero-order chi connectivity index (χ0) is 10.7. The molecule has 0 aliphatic carbocycles. The monoisotopic (exact) mass is 214 g/mol. The Morgan fingerprint density at radius 3 is 2.36 bits per heavy atom. The minimum Gasteiger partial charge on any atom is -0.364 e. The molecule has 0 aromatic carbocycles. The van der Waals surface area contributed by atoms with Crippen molar-refractivity contribution >= 4 is 22.4 Å². The predicted octanol–water partition coefficient (Wildman–Crippen LogP) is -0.322. The van der Waals surface area contributed by atoms with Gasteiger partial charge in [-0.25, -0.2) is 0 Å². The van der Waals surface area contributed by atoms with Crippen LogP contribution in [0.5, 0.6) is 0 Å². The topological polar surface area (TPSA) is 44.1 Å². The molecule has 0 spiro atoms. The zero-order valence-electron chi connectivity index (χ0n) is 9.20. The molecule has 1 aromatic heterocycles. The van der Waals surface area contributed by atoms with Gasteiger partial charge in [-0.2, -0.15) is 4.98 Å². The molecule has 0 radical (unpaired) electrons. The van der Waals surface area contributed by atoms with Crippen LogP contribution in [0.1, 0.15) is 0 Å². The molecule has 0 amide bonds. The van der Waals surface area contributed by atoms with E-state index >= 15 is 0 Å². The van der Waals surface area contributed by atoms with Gasteiger partial charge in [0.05, 0.1) is 14.1 Å². The standard InChI is InChI=1S/C8H15N5S/c1-9-7-10-6(12(2)3)11-8(14-7)13(4)5/h1-5H3/p+1. The van der Waals surface area contributed by atoms with Gasteiger partial charge in [-0.3, -0.25) is 4.58 Å². The molecule has 0 atom stereocenters. The van der Waals surface area contributed by atoms with Crippen molar-refractivity contribution in [1.29, 1.82) is 0 Å². The number of nitrogens with zero attached hydrogens (tertiary/aromatic N) is 4.